The summed E-state index contributed by atoms with van der Waals surface area (Å²) in [5, 5.41) is 0. The Morgan fingerprint density at radius 2 is 0.803 bits per heavy atom. The summed E-state index contributed by atoms with van der Waals surface area (Å²) in [6.07, 6.45) is 11.1. The highest BCUT2D eigenvalue weighted by Gasteiger charge is 2.46. The van der Waals surface area contributed by atoms with Crippen LogP contribution >= 0.6 is 0 Å². The quantitative estimate of drug-likeness (QED) is 0.0630. The highest BCUT2D eigenvalue weighted by Crippen LogP contribution is 2.51. The number of fused-ring (bicyclic) bond motifs is 4. The number of anilines is 2. The number of terminal acetylenes is 2. The van der Waals surface area contributed by atoms with Crippen molar-refractivity contribution in [3.8, 4) is 36.2 Å². The summed E-state index contributed by atoms with van der Waals surface area (Å²) in [7, 11) is 0. The van der Waals surface area contributed by atoms with E-state index in [0.717, 1.165) is 9.80 Å². The van der Waals surface area contributed by atoms with Crippen molar-refractivity contribution in [3.63, 3.8) is 0 Å². The van der Waals surface area contributed by atoms with E-state index in [0.29, 0.717) is 55.9 Å². The van der Waals surface area contributed by atoms with Gasteiger partial charge >= 0.3 is 11.9 Å². The van der Waals surface area contributed by atoms with Crippen molar-refractivity contribution in [2.24, 2.45) is 0 Å². The summed E-state index contributed by atoms with van der Waals surface area (Å²) in [6.45, 7) is 0. The lowest BCUT2D eigenvalue weighted by molar-refractivity contribution is 0.0725. The maximum absolute atomic E-state index is 14.1. The number of rotatable bonds is 8. The van der Waals surface area contributed by atoms with Gasteiger partial charge in [0.25, 0.3) is 23.6 Å². The van der Waals surface area contributed by atoms with Crippen molar-refractivity contribution in [1.29, 1.82) is 0 Å². The number of amides is 4. The van der Waals surface area contributed by atoms with E-state index in [-0.39, 0.29) is 50.7 Å². The van der Waals surface area contributed by atoms with Crippen molar-refractivity contribution < 1.29 is 43.0 Å². The second-order valence-electron chi connectivity index (χ2n) is 16.8. The number of esters is 2. The Hall–Kier alpha value is -10.2. The molecule has 0 aromatic heterocycles. The SMILES string of the molecule is C#Cc1cccc(N2C(=O)c3ccc(C(=O)Oc4ccc(C5(c6ccc(OC(=O)c7ccc8c(c7)C(=O)N(c7cccc(C#C)c7)C8=O)cc6)c6ccccc6C(=O)c6ccccc65)cc4)cc3C2=O)c1. The summed E-state index contributed by atoms with van der Waals surface area (Å²) in [6, 6.07) is 49.8. The summed E-state index contributed by atoms with van der Waals surface area (Å²) < 4.78 is 11.7. The van der Waals surface area contributed by atoms with Crippen LogP contribution in [0, 0.1) is 24.7 Å². The molecule has 11 nitrogen and oxygen atoms in total. The number of hydrogen-bond acceptors (Lipinski definition) is 9. The van der Waals surface area contributed by atoms with E-state index in [1.165, 1.54) is 36.4 Å². The zero-order valence-corrected chi connectivity index (χ0v) is 37.0. The first kappa shape index (κ1) is 43.3. The maximum Gasteiger partial charge on any atom is 0.343 e. The van der Waals surface area contributed by atoms with Gasteiger partial charge in [0.1, 0.15) is 11.5 Å². The number of carbonyl (C=O) groups excluding carboxylic acids is 7. The van der Waals surface area contributed by atoms with Crippen molar-refractivity contribution in [3.05, 3.63) is 260 Å². The van der Waals surface area contributed by atoms with Gasteiger partial charge in [0, 0.05) is 22.3 Å². The molecule has 0 fully saturated rings. The Morgan fingerprint density at radius 1 is 0.408 bits per heavy atom. The molecular formula is C60H32N2O9. The fourth-order valence-corrected chi connectivity index (χ4v) is 9.65. The first-order valence-electron chi connectivity index (χ1n) is 22.1. The molecule has 0 N–H and O–H groups in total. The van der Waals surface area contributed by atoms with Gasteiger partial charge in [-0.2, -0.15) is 0 Å². The van der Waals surface area contributed by atoms with E-state index >= 15 is 0 Å². The first-order chi connectivity index (χ1) is 34.5. The molecule has 336 valence electrons. The highest BCUT2D eigenvalue weighted by molar-refractivity contribution is 6.35. The predicted molar refractivity (Wildman–Crippen MR) is 262 cm³/mol. The lowest BCUT2D eigenvalue weighted by atomic mass is 9.59. The number of ether oxygens (including phenoxy) is 2. The van der Waals surface area contributed by atoms with Crippen molar-refractivity contribution in [1.82, 2.24) is 0 Å². The van der Waals surface area contributed by atoms with Gasteiger partial charge in [0.05, 0.1) is 50.2 Å². The standard InChI is InChI=1S/C60H32N2O9/c1-3-35-11-9-13-41(31-35)61-54(64)45-29-19-37(33-49(45)56(61)66)58(68)70-43-25-21-39(22-26-43)60(51-17-7-5-15-47(51)53(63)48-16-6-8-18-52(48)60)40-23-27-44(28-24-40)71-59(69)38-20-30-46-50(34-38)57(67)62(55(46)65)42-14-10-12-36(4-2)32-42/h1-2,5-34H. The number of carbonyl (C=O) groups is 7. The van der Waals surface area contributed by atoms with Gasteiger partial charge in [-0.15, -0.1) is 12.8 Å². The Labute approximate surface area is 405 Å². The van der Waals surface area contributed by atoms with Gasteiger partial charge in [0.15, 0.2) is 5.78 Å². The molecule has 2 aliphatic heterocycles. The summed E-state index contributed by atoms with van der Waals surface area (Å²) in [4.78, 5) is 97.3. The summed E-state index contributed by atoms with van der Waals surface area (Å²) >= 11 is 0. The van der Waals surface area contributed by atoms with E-state index in [1.807, 2.05) is 24.3 Å². The molecule has 11 heteroatoms. The molecule has 8 aromatic rings. The molecule has 0 atom stereocenters. The summed E-state index contributed by atoms with van der Waals surface area (Å²) in [5.41, 5.74) is 4.71. The molecule has 71 heavy (non-hydrogen) atoms. The molecule has 0 saturated heterocycles. The number of imide groups is 2. The van der Waals surface area contributed by atoms with Gasteiger partial charge in [-0.3, -0.25) is 24.0 Å². The van der Waals surface area contributed by atoms with Gasteiger partial charge in [-0.25, -0.2) is 19.4 Å². The minimum absolute atomic E-state index is 0.0475. The van der Waals surface area contributed by atoms with Crippen LogP contribution in [0.3, 0.4) is 0 Å². The van der Waals surface area contributed by atoms with Crippen LogP contribution in [-0.4, -0.2) is 41.4 Å². The van der Waals surface area contributed by atoms with E-state index in [9.17, 15) is 33.6 Å². The molecule has 0 saturated carbocycles. The van der Waals surface area contributed by atoms with E-state index in [1.54, 1.807) is 121 Å². The van der Waals surface area contributed by atoms with Crippen molar-refractivity contribution >= 4 is 52.7 Å². The highest BCUT2D eigenvalue weighted by atomic mass is 16.5. The van der Waals surface area contributed by atoms with Gasteiger partial charge in [0.2, 0.25) is 0 Å². The molecule has 3 aliphatic rings. The van der Waals surface area contributed by atoms with Crippen LogP contribution in [0.2, 0.25) is 0 Å². The van der Waals surface area contributed by atoms with Gasteiger partial charge in [-0.05, 0) is 119 Å². The Kier molecular flexibility index (Phi) is 10.3. The zero-order valence-electron chi connectivity index (χ0n) is 37.0. The Morgan fingerprint density at radius 3 is 1.21 bits per heavy atom. The Bertz CT molecular complexity index is 3530. The third-order valence-electron chi connectivity index (χ3n) is 12.9. The van der Waals surface area contributed by atoms with Crippen LogP contribution in [0.25, 0.3) is 0 Å². The van der Waals surface area contributed by atoms with Crippen LogP contribution in [0.15, 0.2) is 182 Å². The average molecular weight is 925 g/mol. The Balaban J connectivity index is 0.890. The second kappa shape index (κ2) is 16.8. The molecule has 0 unspecified atom stereocenters. The molecule has 11 rings (SSSR count). The van der Waals surface area contributed by atoms with Crippen LogP contribution < -0.4 is 19.3 Å². The molecule has 0 radical (unpaired) electrons. The van der Waals surface area contributed by atoms with Gasteiger partial charge < -0.3 is 9.47 Å². The minimum atomic E-state index is -1.12. The van der Waals surface area contributed by atoms with Crippen LogP contribution in [0.5, 0.6) is 11.5 Å². The number of benzene rings is 8. The van der Waals surface area contributed by atoms with E-state index < -0.39 is 41.0 Å². The van der Waals surface area contributed by atoms with Crippen LogP contribution in [-0.2, 0) is 5.41 Å². The number of hydrogen-bond donors (Lipinski definition) is 0. The smallest absolute Gasteiger partial charge is 0.343 e. The molecule has 0 bridgehead atoms. The first-order valence-corrected chi connectivity index (χ1v) is 22.1. The average Bonchev–Trinajstić information content (AvgIpc) is 3.82. The summed E-state index contributed by atoms with van der Waals surface area (Å²) in [5.74, 6) is 1.39. The lowest BCUT2D eigenvalue weighted by Crippen LogP contribution is -2.38. The third kappa shape index (κ3) is 6.92. The van der Waals surface area contributed by atoms with Crippen molar-refractivity contribution in [2.75, 3.05) is 9.80 Å². The molecule has 4 amide bonds. The van der Waals surface area contributed by atoms with Crippen molar-refractivity contribution in [2.45, 2.75) is 5.41 Å². The fraction of sp³-hybridized carbons (Fsp3) is 0.0167. The predicted octanol–water partition coefficient (Wildman–Crippen LogP) is 9.62. The zero-order chi connectivity index (χ0) is 49.1. The number of nitrogens with zero attached hydrogens (tertiary/aromatic N) is 2. The molecular weight excluding hydrogens is 893 g/mol. The maximum atomic E-state index is 14.1. The second-order valence-corrected chi connectivity index (χ2v) is 16.8. The van der Waals surface area contributed by atoms with E-state index in [2.05, 4.69) is 11.8 Å². The topological polar surface area (TPSA) is 144 Å². The normalized spacial score (nSPS) is 13.9. The van der Waals surface area contributed by atoms with Gasteiger partial charge in [-0.1, -0.05) is 96.8 Å². The van der Waals surface area contributed by atoms with Crippen LogP contribution in [0.1, 0.15) is 111 Å². The monoisotopic (exact) mass is 924 g/mol. The molecule has 0 spiro atoms. The lowest BCUT2D eigenvalue weighted by Gasteiger charge is -2.41. The minimum Gasteiger partial charge on any atom is -0.423 e. The molecule has 8 aromatic carbocycles. The largest absolute Gasteiger partial charge is 0.423 e. The van der Waals surface area contributed by atoms with E-state index in [4.69, 9.17) is 22.3 Å². The molecule has 2 heterocycles. The third-order valence-corrected chi connectivity index (χ3v) is 12.9. The fourth-order valence-electron chi connectivity index (χ4n) is 9.65. The molecule has 1 aliphatic carbocycles. The van der Waals surface area contributed by atoms with Crippen LogP contribution in [0.4, 0.5) is 11.4 Å². The number of ketones is 1.